The quantitative estimate of drug-likeness (QED) is 0.124. The molecule has 250 valence electrons. The molecule has 0 N–H and O–H groups in total. The number of aromatic nitrogens is 4. The van der Waals surface area contributed by atoms with Crippen LogP contribution < -0.4 is 9.30 Å². The van der Waals surface area contributed by atoms with Crippen LogP contribution in [0.4, 0.5) is 0 Å². The van der Waals surface area contributed by atoms with E-state index < -0.39 is 6.04 Å². The first-order chi connectivity index (χ1) is 28.4. The van der Waals surface area contributed by atoms with Gasteiger partial charge in [0.15, 0.2) is 0 Å². The Labute approximate surface area is 313 Å². The molecule has 53 heavy (non-hydrogen) atoms. The average Bonchev–Trinajstić information content (AvgIpc) is 3.82. The zero-order chi connectivity index (χ0) is 39.5. The molecular weight excluding hydrogens is 649 g/mol. The number of para-hydroxylation sites is 4. The SMILES string of the molecule is [2H]c1c([2H])c([2H])c(-c2ccccc2-[n+]2[c-]n(-c3cccc(Oc4ccc5c6ccccc6n(-c6cccc(-c7ccccc7)n6)c5c4)c3)c3ccccc32)c([2H])c1[2H]. The van der Waals surface area contributed by atoms with Crippen molar-refractivity contribution >= 4 is 32.8 Å². The predicted octanol–water partition coefficient (Wildman–Crippen LogP) is 11.3. The minimum atomic E-state index is -0.429. The van der Waals surface area contributed by atoms with E-state index in [1.807, 2.05) is 118 Å². The van der Waals surface area contributed by atoms with Crippen molar-refractivity contribution in [1.29, 1.82) is 0 Å². The van der Waals surface area contributed by atoms with Crippen LogP contribution >= 0.6 is 0 Å². The van der Waals surface area contributed by atoms with E-state index in [-0.39, 0.29) is 29.7 Å². The Morgan fingerprint density at radius 1 is 0.566 bits per heavy atom. The Hall–Kier alpha value is -7.24. The molecule has 0 aliphatic carbocycles. The van der Waals surface area contributed by atoms with Crippen LogP contribution in [0.2, 0.25) is 0 Å². The summed E-state index contributed by atoms with van der Waals surface area (Å²) in [4.78, 5) is 5.11. The largest absolute Gasteiger partial charge is 0.458 e. The molecule has 0 saturated carbocycles. The lowest BCUT2D eigenvalue weighted by Gasteiger charge is -2.11. The molecule has 0 radical (unpaired) electrons. The number of ether oxygens (including phenoxy) is 1. The van der Waals surface area contributed by atoms with Gasteiger partial charge in [-0.2, -0.15) is 0 Å². The summed E-state index contributed by atoms with van der Waals surface area (Å²) in [6.07, 6.45) is 3.50. The molecule has 10 rings (SSSR count). The Balaban J connectivity index is 1.05. The number of fused-ring (bicyclic) bond motifs is 4. The molecule has 7 aromatic carbocycles. The van der Waals surface area contributed by atoms with Crippen LogP contribution in [-0.2, 0) is 0 Å². The highest BCUT2D eigenvalue weighted by Gasteiger charge is 2.17. The maximum absolute atomic E-state index is 8.70. The molecule has 0 spiro atoms. The van der Waals surface area contributed by atoms with Crippen LogP contribution in [0.3, 0.4) is 0 Å². The number of hydrogen-bond donors (Lipinski definition) is 0. The Morgan fingerprint density at radius 2 is 1.30 bits per heavy atom. The van der Waals surface area contributed by atoms with Crippen LogP contribution in [0.15, 0.2) is 194 Å². The second-order valence-electron chi connectivity index (χ2n) is 12.7. The van der Waals surface area contributed by atoms with E-state index in [0.717, 1.165) is 55.6 Å². The van der Waals surface area contributed by atoms with Crippen molar-refractivity contribution in [3.8, 4) is 51.1 Å². The highest BCUT2D eigenvalue weighted by atomic mass is 16.5. The standard InChI is InChI=1S/C48H32N4O/c1-3-15-34(16-4-1)39-21-7-9-24-43(39)51-33-50(45-26-11-12-27-46(45)51)36-19-13-20-37(31-36)53-38-29-30-41-40-22-8-10-25-44(40)52(47(41)32-38)48-28-14-23-42(49-48)35-17-5-2-6-18-35/h1-32H/i1D,3D,4D,15D,16D. The summed E-state index contributed by atoms with van der Waals surface area (Å²) in [6, 6.07) is 52.0. The van der Waals surface area contributed by atoms with E-state index in [0.29, 0.717) is 22.7 Å². The van der Waals surface area contributed by atoms with E-state index in [4.69, 9.17) is 16.6 Å². The Bertz CT molecular complexity index is 3200. The monoisotopic (exact) mass is 685 g/mol. The molecule has 5 nitrogen and oxygen atoms in total. The summed E-state index contributed by atoms with van der Waals surface area (Å²) in [7, 11) is 0. The molecule has 0 aliphatic heterocycles. The van der Waals surface area contributed by atoms with E-state index in [2.05, 4.69) is 53.4 Å². The van der Waals surface area contributed by atoms with Gasteiger partial charge in [0.2, 0.25) is 0 Å². The summed E-state index contributed by atoms with van der Waals surface area (Å²) in [6.45, 7) is 0. The number of rotatable bonds is 7. The molecule has 0 atom stereocenters. The number of pyridine rings is 1. The van der Waals surface area contributed by atoms with Crippen molar-refractivity contribution in [1.82, 2.24) is 14.1 Å². The zero-order valence-electron chi connectivity index (χ0n) is 33.3. The lowest BCUT2D eigenvalue weighted by atomic mass is 10.0. The zero-order valence-corrected chi connectivity index (χ0v) is 28.3. The third-order valence-electron chi connectivity index (χ3n) is 9.47. The molecule has 5 heteroatoms. The Morgan fingerprint density at radius 3 is 2.21 bits per heavy atom. The van der Waals surface area contributed by atoms with Gasteiger partial charge < -0.3 is 4.74 Å². The Kier molecular flexibility index (Phi) is 6.21. The van der Waals surface area contributed by atoms with Gasteiger partial charge in [-0.05, 0) is 65.7 Å². The second kappa shape index (κ2) is 12.8. The first kappa shape index (κ1) is 25.7. The normalized spacial score (nSPS) is 12.7. The summed E-state index contributed by atoms with van der Waals surface area (Å²) < 4.78 is 54.8. The molecule has 0 bridgehead atoms. The number of imidazole rings is 1. The van der Waals surface area contributed by atoms with Gasteiger partial charge in [0, 0.05) is 22.4 Å². The van der Waals surface area contributed by atoms with Crippen LogP contribution in [0.1, 0.15) is 6.85 Å². The lowest BCUT2D eigenvalue weighted by Crippen LogP contribution is -2.30. The highest BCUT2D eigenvalue weighted by Crippen LogP contribution is 2.36. The van der Waals surface area contributed by atoms with Crippen molar-refractivity contribution in [2.24, 2.45) is 0 Å². The van der Waals surface area contributed by atoms with Crippen LogP contribution in [0.25, 0.3) is 72.4 Å². The summed E-state index contributed by atoms with van der Waals surface area (Å²) in [5, 5.41) is 2.21. The van der Waals surface area contributed by atoms with Gasteiger partial charge in [0.25, 0.3) is 6.33 Å². The summed E-state index contributed by atoms with van der Waals surface area (Å²) in [5.74, 6) is 2.10. The van der Waals surface area contributed by atoms with Crippen molar-refractivity contribution in [3.63, 3.8) is 0 Å². The smallest absolute Gasteiger partial charge is 0.269 e. The van der Waals surface area contributed by atoms with Gasteiger partial charge in [0.05, 0.1) is 46.0 Å². The van der Waals surface area contributed by atoms with Gasteiger partial charge in [-0.15, -0.1) is 0 Å². The van der Waals surface area contributed by atoms with Crippen LogP contribution in [-0.4, -0.2) is 14.1 Å². The van der Waals surface area contributed by atoms with Gasteiger partial charge >= 0.3 is 0 Å². The molecule has 0 aliphatic rings. The van der Waals surface area contributed by atoms with Gasteiger partial charge in [-0.25, -0.2) is 4.98 Å². The summed E-state index contributed by atoms with van der Waals surface area (Å²) >= 11 is 0. The number of hydrogen-bond acceptors (Lipinski definition) is 2. The van der Waals surface area contributed by atoms with Crippen molar-refractivity contribution in [3.05, 3.63) is 200 Å². The minimum Gasteiger partial charge on any atom is -0.458 e. The highest BCUT2D eigenvalue weighted by molar-refractivity contribution is 6.09. The maximum atomic E-state index is 8.70. The van der Waals surface area contributed by atoms with Gasteiger partial charge in [0.1, 0.15) is 17.3 Å². The molecule has 0 unspecified atom stereocenters. The van der Waals surface area contributed by atoms with E-state index in [1.54, 1.807) is 12.1 Å². The van der Waals surface area contributed by atoms with Gasteiger partial charge in [-0.3, -0.25) is 13.7 Å². The van der Waals surface area contributed by atoms with Crippen LogP contribution in [0.5, 0.6) is 11.5 Å². The summed E-state index contributed by atoms with van der Waals surface area (Å²) in [5.41, 5.74) is 7.67. The fourth-order valence-electron chi connectivity index (χ4n) is 7.10. The van der Waals surface area contributed by atoms with Crippen LogP contribution in [0, 0.1) is 6.33 Å². The topological polar surface area (TPSA) is 35.9 Å². The molecule has 3 aromatic heterocycles. The average molecular weight is 686 g/mol. The van der Waals surface area contributed by atoms with Crippen molar-refractivity contribution < 1.29 is 16.2 Å². The third kappa shape index (κ3) is 5.43. The first-order valence-electron chi connectivity index (χ1n) is 19.8. The number of nitrogens with zero attached hydrogens (tertiary/aromatic N) is 4. The van der Waals surface area contributed by atoms with Crippen molar-refractivity contribution in [2.45, 2.75) is 0 Å². The molecule has 10 aromatic rings. The lowest BCUT2D eigenvalue weighted by molar-refractivity contribution is -0.571. The molecule has 0 fully saturated rings. The van der Waals surface area contributed by atoms with E-state index >= 15 is 0 Å². The number of benzene rings is 7. The van der Waals surface area contributed by atoms with E-state index in [9.17, 15) is 0 Å². The minimum absolute atomic E-state index is 0.130. The molecule has 3 heterocycles. The first-order valence-corrected chi connectivity index (χ1v) is 17.3. The molecule has 0 saturated heterocycles. The molecule has 0 amide bonds. The third-order valence-corrected chi connectivity index (χ3v) is 9.47. The maximum Gasteiger partial charge on any atom is 0.269 e. The van der Waals surface area contributed by atoms with Gasteiger partial charge in [-0.1, -0.05) is 133 Å². The van der Waals surface area contributed by atoms with E-state index in [1.165, 1.54) is 0 Å². The fraction of sp³-hybridized carbons (Fsp3) is 0. The predicted molar refractivity (Wildman–Crippen MR) is 213 cm³/mol. The molecular formula is C48H32N4O. The fourth-order valence-corrected chi connectivity index (χ4v) is 7.10. The second-order valence-corrected chi connectivity index (χ2v) is 12.7. The van der Waals surface area contributed by atoms with Crippen molar-refractivity contribution in [2.75, 3.05) is 0 Å².